The average Bonchev–Trinajstić information content (AvgIpc) is 2.28. The van der Waals surface area contributed by atoms with E-state index in [4.69, 9.17) is 16.3 Å². The third-order valence-electron chi connectivity index (χ3n) is 2.00. The summed E-state index contributed by atoms with van der Waals surface area (Å²) in [4.78, 5) is 15.1. The third kappa shape index (κ3) is 3.43. The van der Waals surface area contributed by atoms with E-state index in [0.29, 0.717) is 6.54 Å². The number of aromatic nitrogens is 1. The summed E-state index contributed by atoms with van der Waals surface area (Å²) < 4.78 is 17.8. The van der Waals surface area contributed by atoms with E-state index in [-0.39, 0.29) is 16.8 Å². The number of nitrogens with one attached hydrogen (secondary N) is 1. The summed E-state index contributed by atoms with van der Waals surface area (Å²) in [5, 5.41) is 2.54. The molecular formula is C10H12ClFN2O2. The molecule has 0 aliphatic carbocycles. The standard InChI is InChI=1S/C10H12ClFN2O2/c1-6(16-2)4-14-10(15)8-3-7(12)5-13-9(8)11/h3,5-6H,4H2,1-2H3,(H,14,15). The fourth-order valence-electron chi connectivity index (χ4n) is 0.997. The van der Waals surface area contributed by atoms with Gasteiger partial charge in [0.2, 0.25) is 0 Å². The zero-order valence-corrected chi connectivity index (χ0v) is 9.71. The highest BCUT2D eigenvalue weighted by atomic mass is 35.5. The fourth-order valence-corrected chi connectivity index (χ4v) is 1.19. The smallest absolute Gasteiger partial charge is 0.254 e. The van der Waals surface area contributed by atoms with Gasteiger partial charge in [-0.05, 0) is 13.0 Å². The molecule has 88 valence electrons. The van der Waals surface area contributed by atoms with Crippen molar-refractivity contribution in [1.82, 2.24) is 10.3 Å². The van der Waals surface area contributed by atoms with Gasteiger partial charge in [0.15, 0.2) is 0 Å². The lowest BCUT2D eigenvalue weighted by molar-refractivity contribution is 0.0870. The molecule has 1 aromatic rings. The molecule has 6 heteroatoms. The number of hydrogen-bond acceptors (Lipinski definition) is 3. The Bertz CT molecular complexity index is 387. The van der Waals surface area contributed by atoms with Gasteiger partial charge in [-0.1, -0.05) is 11.6 Å². The van der Waals surface area contributed by atoms with Crippen molar-refractivity contribution in [3.8, 4) is 0 Å². The molecule has 0 bridgehead atoms. The number of ether oxygens (including phenoxy) is 1. The van der Waals surface area contributed by atoms with E-state index in [1.54, 1.807) is 6.92 Å². The number of carbonyl (C=O) groups excluding carboxylic acids is 1. The van der Waals surface area contributed by atoms with Crippen molar-refractivity contribution in [2.24, 2.45) is 0 Å². The maximum Gasteiger partial charge on any atom is 0.254 e. The maximum atomic E-state index is 12.8. The minimum Gasteiger partial charge on any atom is -0.380 e. The molecule has 0 aromatic carbocycles. The molecule has 1 atom stereocenters. The fraction of sp³-hybridized carbons (Fsp3) is 0.400. The van der Waals surface area contributed by atoms with Gasteiger partial charge in [0.1, 0.15) is 11.0 Å². The second kappa shape index (κ2) is 5.77. The van der Waals surface area contributed by atoms with Gasteiger partial charge in [0.25, 0.3) is 5.91 Å². The lowest BCUT2D eigenvalue weighted by Crippen LogP contribution is -2.31. The van der Waals surface area contributed by atoms with E-state index in [2.05, 4.69) is 10.3 Å². The minimum absolute atomic E-state index is 0.0185. The van der Waals surface area contributed by atoms with E-state index in [1.165, 1.54) is 7.11 Å². The number of pyridine rings is 1. The van der Waals surface area contributed by atoms with E-state index < -0.39 is 11.7 Å². The molecule has 16 heavy (non-hydrogen) atoms. The first-order valence-corrected chi connectivity index (χ1v) is 5.04. The van der Waals surface area contributed by atoms with Crippen molar-refractivity contribution in [1.29, 1.82) is 0 Å². The van der Waals surface area contributed by atoms with Gasteiger partial charge in [-0.2, -0.15) is 0 Å². The third-order valence-corrected chi connectivity index (χ3v) is 2.30. The summed E-state index contributed by atoms with van der Waals surface area (Å²) in [5.41, 5.74) is 0.0185. The van der Waals surface area contributed by atoms with Crippen molar-refractivity contribution in [3.63, 3.8) is 0 Å². The minimum atomic E-state index is -0.602. The Morgan fingerprint density at radius 1 is 1.75 bits per heavy atom. The molecule has 0 fully saturated rings. The van der Waals surface area contributed by atoms with Crippen molar-refractivity contribution < 1.29 is 13.9 Å². The molecule has 1 unspecified atom stereocenters. The van der Waals surface area contributed by atoms with Crippen molar-refractivity contribution >= 4 is 17.5 Å². The Hall–Kier alpha value is -1.20. The lowest BCUT2D eigenvalue weighted by atomic mass is 10.2. The number of amides is 1. The van der Waals surface area contributed by atoms with Gasteiger partial charge in [-0.3, -0.25) is 4.79 Å². The molecule has 0 radical (unpaired) electrons. The van der Waals surface area contributed by atoms with E-state index >= 15 is 0 Å². The summed E-state index contributed by atoms with van der Waals surface area (Å²) in [5.74, 6) is -1.07. The number of methoxy groups -OCH3 is 1. The number of hydrogen-bond donors (Lipinski definition) is 1. The van der Waals surface area contributed by atoms with Gasteiger partial charge in [-0.25, -0.2) is 9.37 Å². The quantitative estimate of drug-likeness (QED) is 0.822. The van der Waals surface area contributed by atoms with Crippen LogP contribution in [0, 0.1) is 5.82 Å². The Balaban J connectivity index is 2.69. The van der Waals surface area contributed by atoms with Crippen LogP contribution in [0.15, 0.2) is 12.3 Å². The van der Waals surface area contributed by atoms with Gasteiger partial charge < -0.3 is 10.1 Å². The Morgan fingerprint density at radius 2 is 2.44 bits per heavy atom. The molecule has 1 heterocycles. The molecule has 4 nitrogen and oxygen atoms in total. The molecule has 0 aliphatic rings. The molecule has 0 saturated carbocycles. The summed E-state index contributed by atoms with van der Waals surface area (Å²) in [6.07, 6.45) is 0.834. The van der Waals surface area contributed by atoms with Crippen LogP contribution in [0.3, 0.4) is 0 Å². The summed E-state index contributed by atoms with van der Waals surface area (Å²) >= 11 is 5.67. The highest BCUT2D eigenvalue weighted by Gasteiger charge is 2.13. The first kappa shape index (κ1) is 12.9. The van der Waals surface area contributed by atoms with Gasteiger partial charge >= 0.3 is 0 Å². The highest BCUT2D eigenvalue weighted by molar-refractivity contribution is 6.32. The predicted octanol–water partition coefficient (Wildman–Crippen LogP) is 1.64. The second-order valence-electron chi connectivity index (χ2n) is 3.25. The van der Waals surface area contributed by atoms with Crippen LogP contribution in [0.4, 0.5) is 4.39 Å². The zero-order valence-electron chi connectivity index (χ0n) is 8.96. The Kier molecular flexibility index (Phi) is 4.64. The first-order chi connectivity index (χ1) is 7.54. The Labute approximate surface area is 97.8 Å². The van der Waals surface area contributed by atoms with Crippen LogP contribution in [0.2, 0.25) is 5.15 Å². The number of halogens is 2. The van der Waals surface area contributed by atoms with Gasteiger partial charge in [-0.15, -0.1) is 0 Å². The SMILES string of the molecule is COC(C)CNC(=O)c1cc(F)cnc1Cl. The van der Waals surface area contributed by atoms with E-state index in [9.17, 15) is 9.18 Å². The monoisotopic (exact) mass is 246 g/mol. The van der Waals surface area contributed by atoms with Crippen molar-refractivity contribution in [2.45, 2.75) is 13.0 Å². The Morgan fingerprint density at radius 3 is 3.06 bits per heavy atom. The van der Waals surface area contributed by atoms with Crippen LogP contribution in [0.1, 0.15) is 17.3 Å². The van der Waals surface area contributed by atoms with Crippen LogP contribution >= 0.6 is 11.6 Å². The molecular weight excluding hydrogens is 235 g/mol. The molecule has 1 N–H and O–H groups in total. The van der Waals surface area contributed by atoms with Crippen LogP contribution in [-0.4, -0.2) is 30.6 Å². The first-order valence-electron chi connectivity index (χ1n) is 4.66. The summed E-state index contributed by atoms with van der Waals surface area (Å²) in [6.45, 7) is 2.12. The number of rotatable bonds is 4. The molecule has 0 saturated heterocycles. The lowest BCUT2D eigenvalue weighted by Gasteiger charge is -2.11. The van der Waals surface area contributed by atoms with Gasteiger partial charge in [0, 0.05) is 13.7 Å². The normalized spacial score (nSPS) is 12.2. The number of carbonyl (C=O) groups is 1. The maximum absolute atomic E-state index is 12.8. The van der Waals surface area contributed by atoms with Crippen LogP contribution in [0.5, 0.6) is 0 Å². The summed E-state index contributed by atoms with van der Waals surface area (Å²) in [6, 6.07) is 1.04. The average molecular weight is 247 g/mol. The molecule has 1 aromatic heterocycles. The zero-order chi connectivity index (χ0) is 12.1. The molecule has 1 amide bonds. The van der Waals surface area contributed by atoms with Crippen molar-refractivity contribution in [2.75, 3.05) is 13.7 Å². The van der Waals surface area contributed by atoms with E-state index in [1.807, 2.05) is 0 Å². The largest absolute Gasteiger partial charge is 0.380 e. The topological polar surface area (TPSA) is 51.2 Å². The number of nitrogens with zero attached hydrogens (tertiary/aromatic N) is 1. The van der Waals surface area contributed by atoms with E-state index in [0.717, 1.165) is 12.3 Å². The second-order valence-corrected chi connectivity index (χ2v) is 3.61. The van der Waals surface area contributed by atoms with Crippen LogP contribution in [0.25, 0.3) is 0 Å². The van der Waals surface area contributed by atoms with Crippen LogP contribution < -0.4 is 5.32 Å². The molecule has 1 rings (SSSR count). The molecule has 0 aliphatic heterocycles. The highest BCUT2D eigenvalue weighted by Crippen LogP contribution is 2.13. The summed E-state index contributed by atoms with van der Waals surface area (Å²) in [7, 11) is 1.54. The molecule has 0 spiro atoms. The van der Waals surface area contributed by atoms with Gasteiger partial charge in [0.05, 0.1) is 17.9 Å². The van der Waals surface area contributed by atoms with Crippen molar-refractivity contribution in [3.05, 3.63) is 28.8 Å². The van der Waals surface area contributed by atoms with Crippen LogP contribution in [-0.2, 0) is 4.74 Å². The predicted molar refractivity (Wildman–Crippen MR) is 58.0 cm³/mol.